The van der Waals surface area contributed by atoms with Crippen molar-refractivity contribution in [2.24, 2.45) is 0 Å². The molecule has 0 aliphatic heterocycles. The highest BCUT2D eigenvalue weighted by Gasteiger charge is 2.02. The minimum absolute atomic E-state index is 0.503. The van der Waals surface area contributed by atoms with Crippen LogP contribution in [0.25, 0.3) is 0 Å². The number of thioether (sulfide) groups is 1. The van der Waals surface area contributed by atoms with Crippen LogP contribution < -0.4 is 5.32 Å². The van der Waals surface area contributed by atoms with Gasteiger partial charge in [-0.05, 0) is 36.4 Å². The molecule has 1 N–H and O–H groups in total. The molecule has 1 aromatic rings. The molecule has 16 heavy (non-hydrogen) atoms. The maximum absolute atomic E-state index is 5.93. The second kappa shape index (κ2) is 7.44. The second-order valence-electron chi connectivity index (χ2n) is 3.72. The molecule has 1 unspecified atom stereocenters. The minimum Gasteiger partial charge on any atom is -0.309 e. The highest BCUT2D eigenvalue weighted by atomic mass is 35.5. The van der Waals surface area contributed by atoms with Crippen LogP contribution in [0.5, 0.6) is 0 Å². The molecule has 1 nitrogen and oxygen atoms in total. The van der Waals surface area contributed by atoms with E-state index in [1.165, 1.54) is 0 Å². The summed E-state index contributed by atoms with van der Waals surface area (Å²) in [5, 5.41) is 4.84. The van der Waals surface area contributed by atoms with Crippen molar-refractivity contribution < 1.29 is 0 Å². The summed E-state index contributed by atoms with van der Waals surface area (Å²) < 4.78 is 0. The van der Waals surface area contributed by atoms with Crippen molar-refractivity contribution in [3.63, 3.8) is 0 Å². The second-order valence-corrected chi connectivity index (χ2v) is 5.91. The predicted molar refractivity (Wildman–Crippen MR) is 75.8 cm³/mol. The Kier molecular flexibility index (Phi) is 6.59. The van der Waals surface area contributed by atoms with E-state index in [0.29, 0.717) is 16.1 Å². The van der Waals surface area contributed by atoms with Crippen LogP contribution in [0.15, 0.2) is 18.2 Å². The van der Waals surface area contributed by atoms with Crippen molar-refractivity contribution in [2.45, 2.75) is 26.4 Å². The van der Waals surface area contributed by atoms with Gasteiger partial charge in [0.2, 0.25) is 0 Å². The lowest BCUT2D eigenvalue weighted by Gasteiger charge is -2.13. The third-order valence-electron chi connectivity index (χ3n) is 2.15. The Labute approximate surface area is 112 Å². The van der Waals surface area contributed by atoms with Gasteiger partial charge in [-0.2, -0.15) is 11.8 Å². The molecule has 0 aliphatic rings. The molecule has 1 aromatic carbocycles. The van der Waals surface area contributed by atoms with Gasteiger partial charge in [0.25, 0.3) is 0 Å². The number of rotatable bonds is 6. The summed E-state index contributed by atoms with van der Waals surface area (Å²) in [4.78, 5) is 0. The third-order valence-corrected chi connectivity index (χ3v) is 3.73. The molecule has 0 amide bonds. The zero-order valence-electron chi connectivity index (χ0n) is 9.59. The Morgan fingerprint density at radius 3 is 2.44 bits per heavy atom. The Balaban J connectivity index is 2.41. The Hall–Kier alpha value is 0.110. The van der Waals surface area contributed by atoms with Crippen molar-refractivity contribution >= 4 is 35.0 Å². The lowest BCUT2D eigenvalue weighted by molar-refractivity contribution is 0.596. The summed E-state index contributed by atoms with van der Waals surface area (Å²) in [7, 11) is 0. The largest absolute Gasteiger partial charge is 0.309 e. The van der Waals surface area contributed by atoms with Crippen LogP contribution in [0.4, 0.5) is 0 Å². The van der Waals surface area contributed by atoms with Crippen molar-refractivity contribution in [3.8, 4) is 0 Å². The fourth-order valence-corrected chi connectivity index (χ4v) is 2.64. The summed E-state index contributed by atoms with van der Waals surface area (Å²) in [6, 6.07) is 6.14. The number of benzene rings is 1. The fourth-order valence-electron chi connectivity index (χ4n) is 1.36. The molecule has 0 radical (unpaired) electrons. The van der Waals surface area contributed by atoms with E-state index in [9.17, 15) is 0 Å². The average Bonchev–Trinajstić information content (AvgIpc) is 2.22. The van der Waals surface area contributed by atoms with Gasteiger partial charge in [0.15, 0.2) is 0 Å². The quantitative estimate of drug-likeness (QED) is 0.836. The third kappa shape index (κ3) is 5.44. The average molecular weight is 278 g/mol. The number of nitrogens with one attached hydrogen (secondary N) is 1. The van der Waals surface area contributed by atoms with E-state index >= 15 is 0 Å². The van der Waals surface area contributed by atoms with Gasteiger partial charge in [0, 0.05) is 28.4 Å². The van der Waals surface area contributed by atoms with Crippen molar-refractivity contribution in [2.75, 3.05) is 11.5 Å². The van der Waals surface area contributed by atoms with E-state index in [4.69, 9.17) is 23.2 Å². The molecular weight excluding hydrogens is 261 g/mol. The topological polar surface area (TPSA) is 12.0 Å². The highest BCUT2D eigenvalue weighted by molar-refractivity contribution is 7.99. The van der Waals surface area contributed by atoms with Gasteiger partial charge in [-0.25, -0.2) is 0 Å². The highest BCUT2D eigenvalue weighted by Crippen LogP contribution is 2.19. The molecule has 0 saturated heterocycles. The van der Waals surface area contributed by atoms with Crippen LogP contribution in [-0.2, 0) is 6.54 Å². The molecule has 0 fully saturated rings. The SMILES string of the molecule is CCSCC(C)NCc1cc(Cl)cc(Cl)c1. The van der Waals surface area contributed by atoms with Gasteiger partial charge in [-0.3, -0.25) is 0 Å². The van der Waals surface area contributed by atoms with E-state index in [1.54, 1.807) is 6.07 Å². The van der Waals surface area contributed by atoms with Crippen LogP contribution >= 0.6 is 35.0 Å². The summed E-state index contributed by atoms with van der Waals surface area (Å²) in [5.41, 5.74) is 1.13. The monoisotopic (exact) mass is 277 g/mol. The Morgan fingerprint density at radius 2 is 1.88 bits per heavy atom. The standard InChI is InChI=1S/C12H17Cl2NS/c1-3-16-8-9(2)15-7-10-4-11(13)6-12(14)5-10/h4-6,9,15H,3,7-8H2,1-2H3. The van der Waals surface area contributed by atoms with Crippen LogP contribution in [0.1, 0.15) is 19.4 Å². The first-order chi connectivity index (χ1) is 7.61. The predicted octanol–water partition coefficient (Wildman–Crippen LogP) is 4.22. The van der Waals surface area contributed by atoms with Gasteiger partial charge >= 0.3 is 0 Å². The smallest absolute Gasteiger partial charge is 0.0424 e. The lowest BCUT2D eigenvalue weighted by Crippen LogP contribution is -2.27. The summed E-state index contributed by atoms with van der Waals surface area (Å²) in [5.74, 6) is 2.29. The minimum atomic E-state index is 0.503. The number of hydrogen-bond donors (Lipinski definition) is 1. The van der Waals surface area contributed by atoms with E-state index < -0.39 is 0 Å². The maximum Gasteiger partial charge on any atom is 0.0424 e. The van der Waals surface area contributed by atoms with Gasteiger partial charge in [0.1, 0.15) is 0 Å². The molecule has 0 bridgehead atoms. The van der Waals surface area contributed by atoms with E-state index in [0.717, 1.165) is 23.6 Å². The van der Waals surface area contributed by atoms with E-state index in [1.807, 2.05) is 23.9 Å². The van der Waals surface area contributed by atoms with Crippen molar-refractivity contribution in [1.29, 1.82) is 0 Å². The fraction of sp³-hybridized carbons (Fsp3) is 0.500. The summed E-state index contributed by atoms with van der Waals surface area (Å²) >= 11 is 13.8. The first-order valence-electron chi connectivity index (χ1n) is 5.38. The Morgan fingerprint density at radius 1 is 1.25 bits per heavy atom. The zero-order chi connectivity index (χ0) is 12.0. The van der Waals surface area contributed by atoms with Crippen LogP contribution in [0.2, 0.25) is 10.0 Å². The normalized spacial score (nSPS) is 12.8. The first-order valence-corrected chi connectivity index (χ1v) is 7.29. The number of halogens is 2. The molecule has 90 valence electrons. The molecule has 0 saturated carbocycles. The lowest BCUT2D eigenvalue weighted by atomic mass is 10.2. The zero-order valence-corrected chi connectivity index (χ0v) is 11.9. The van der Waals surface area contributed by atoms with E-state index in [-0.39, 0.29) is 0 Å². The molecular formula is C12H17Cl2NS. The van der Waals surface area contributed by atoms with Gasteiger partial charge in [0.05, 0.1) is 0 Å². The summed E-state index contributed by atoms with van der Waals surface area (Å²) in [6.45, 7) is 5.18. The van der Waals surface area contributed by atoms with Crippen LogP contribution in [-0.4, -0.2) is 17.5 Å². The maximum atomic E-state index is 5.93. The van der Waals surface area contributed by atoms with Gasteiger partial charge < -0.3 is 5.32 Å². The molecule has 1 atom stereocenters. The van der Waals surface area contributed by atoms with Gasteiger partial charge in [-0.15, -0.1) is 0 Å². The van der Waals surface area contributed by atoms with Crippen LogP contribution in [0.3, 0.4) is 0 Å². The number of hydrogen-bond acceptors (Lipinski definition) is 2. The van der Waals surface area contributed by atoms with Gasteiger partial charge in [-0.1, -0.05) is 30.1 Å². The molecule has 1 rings (SSSR count). The molecule has 0 aromatic heterocycles. The molecule has 0 spiro atoms. The molecule has 0 heterocycles. The van der Waals surface area contributed by atoms with Crippen molar-refractivity contribution in [1.82, 2.24) is 5.32 Å². The van der Waals surface area contributed by atoms with Crippen molar-refractivity contribution in [3.05, 3.63) is 33.8 Å². The molecule has 4 heteroatoms. The Bertz CT molecular complexity index is 311. The first kappa shape index (κ1) is 14.2. The molecule has 0 aliphatic carbocycles. The van der Waals surface area contributed by atoms with E-state index in [2.05, 4.69) is 19.2 Å². The summed E-state index contributed by atoms with van der Waals surface area (Å²) in [6.07, 6.45) is 0. The van der Waals surface area contributed by atoms with Crippen LogP contribution in [0, 0.1) is 0 Å².